The summed E-state index contributed by atoms with van der Waals surface area (Å²) >= 11 is 11.9. The SMILES string of the molecule is COCc1c([N+](=O)[O-])c(C=Cc2ccc(-c3ccc(Cl)c(Cl)c3)o2)[nH]c(=O)c1C#N. The highest BCUT2D eigenvalue weighted by molar-refractivity contribution is 6.42. The van der Waals surface area contributed by atoms with E-state index in [9.17, 15) is 20.2 Å². The number of H-pyrrole nitrogens is 1. The van der Waals surface area contributed by atoms with E-state index in [4.69, 9.17) is 32.4 Å². The largest absolute Gasteiger partial charge is 0.457 e. The van der Waals surface area contributed by atoms with Gasteiger partial charge in [-0.15, -0.1) is 0 Å². The first-order chi connectivity index (χ1) is 14.3. The zero-order chi connectivity index (χ0) is 21.8. The first kappa shape index (κ1) is 21.3. The highest BCUT2D eigenvalue weighted by Gasteiger charge is 2.25. The van der Waals surface area contributed by atoms with Crippen molar-refractivity contribution < 1.29 is 14.1 Å². The van der Waals surface area contributed by atoms with Crippen LogP contribution in [0.15, 0.2) is 39.5 Å². The number of ether oxygens (including phenoxy) is 1. The Labute approximate surface area is 180 Å². The van der Waals surface area contributed by atoms with Crippen molar-refractivity contribution in [2.45, 2.75) is 6.61 Å². The highest BCUT2D eigenvalue weighted by atomic mass is 35.5. The summed E-state index contributed by atoms with van der Waals surface area (Å²) in [5.74, 6) is 0.889. The molecule has 0 unspecified atom stereocenters. The molecular weight excluding hydrogens is 433 g/mol. The molecule has 2 aromatic heterocycles. The minimum Gasteiger partial charge on any atom is -0.457 e. The van der Waals surface area contributed by atoms with Crippen molar-refractivity contribution in [3.8, 4) is 17.4 Å². The quantitative estimate of drug-likeness (QED) is 0.418. The normalized spacial score (nSPS) is 11.0. The van der Waals surface area contributed by atoms with Crippen molar-refractivity contribution in [3.63, 3.8) is 0 Å². The van der Waals surface area contributed by atoms with E-state index in [1.54, 1.807) is 36.4 Å². The van der Waals surface area contributed by atoms with E-state index in [-0.39, 0.29) is 23.4 Å². The van der Waals surface area contributed by atoms with Crippen molar-refractivity contribution in [1.82, 2.24) is 4.98 Å². The second-order valence-electron chi connectivity index (χ2n) is 6.04. The molecule has 0 fully saturated rings. The number of aromatic nitrogens is 1. The van der Waals surface area contributed by atoms with Gasteiger partial charge in [0.2, 0.25) is 0 Å². The maximum Gasteiger partial charge on any atom is 0.299 e. The fourth-order valence-electron chi connectivity index (χ4n) is 2.81. The Morgan fingerprint density at radius 3 is 2.67 bits per heavy atom. The Bertz CT molecular complexity index is 1250. The van der Waals surface area contributed by atoms with E-state index >= 15 is 0 Å². The average molecular weight is 446 g/mol. The maximum atomic E-state index is 12.2. The number of nitrogens with zero attached hydrogens (tertiary/aromatic N) is 2. The van der Waals surface area contributed by atoms with Gasteiger partial charge in [0.25, 0.3) is 11.2 Å². The number of methoxy groups -OCH3 is 1. The van der Waals surface area contributed by atoms with E-state index in [1.807, 2.05) is 0 Å². The lowest BCUT2D eigenvalue weighted by atomic mass is 10.1. The van der Waals surface area contributed by atoms with Crippen molar-refractivity contribution in [1.29, 1.82) is 5.26 Å². The Morgan fingerprint density at radius 1 is 1.27 bits per heavy atom. The average Bonchev–Trinajstić information content (AvgIpc) is 3.17. The molecule has 0 bridgehead atoms. The summed E-state index contributed by atoms with van der Waals surface area (Å²) in [4.78, 5) is 25.4. The maximum absolute atomic E-state index is 12.2. The first-order valence-electron chi connectivity index (χ1n) is 8.41. The molecule has 3 aromatic rings. The Morgan fingerprint density at radius 2 is 2.03 bits per heavy atom. The summed E-state index contributed by atoms with van der Waals surface area (Å²) in [5.41, 5.74) is -0.996. The number of hydrogen-bond acceptors (Lipinski definition) is 6. The number of rotatable bonds is 6. The Balaban J connectivity index is 2.01. The van der Waals surface area contributed by atoms with E-state index < -0.39 is 16.2 Å². The number of pyridine rings is 1. The summed E-state index contributed by atoms with van der Waals surface area (Å²) in [6, 6.07) is 10.1. The molecule has 0 aliphatic heterocycles. The third-order valence-electron chi connectivity index (χ3n) is 4.15. The molecule has 3 rings (SSSR count). The van der Waals surface area contributed by atoms with Gasteiger partial charge in [-0.2, -0.15) is 5.26 Å². The molecule has 0 aliphatic carbocycles. The lowest BCUT2D eigenvalue weighted by molar-refractivity contribution is -0.386. The van der Waals surface area contributed by atoms with Crippen LogP contribution in [0.2, 0.25) is 10.0 Å². The minimum atomic E-state index is -0.745. The van der Waals surface area contributed by atoms with Crippen LogP contribution in [0.1, 0.15) is 22.6 Å². The summed E-state index contributed by atoms with van der Waals surface area (Å²) in [6.07, 6.45) is 2.79. The number of nitrogens with one attached hydrogen (secondary N) is 1. The number of nitro groups is 1. The number of hydrogen-bond donors (Lipinski definition) is 1. The van der Waals surface area contributed by atoms with Crippen LogP contribution in [0.3, 0.4) is 0 Å². The molecule has 1 N–H and O–H groups in total. The molecular formula is C20H13Cl2N3O5. The van der Waals surface area contributed by atoms with Gasteiger partial charge in [-0.05, 0) is 42.5 Å². The van der Waals surface area contributed by atoms with Crippen LogP contribution < -0.4 is 5.56 Å². The van der Waals surface area contributed by atoms with Crippen LogP contribution in [-0.4, -0.2) is 17.0 Å². The third-order valence-corrected chi connectivity index (χ3v) is 4.89. The summed E-state index contributed by atoms with van der Waals surface area (Å²) in [7, 11) is 1.31. The summed E-state index contributed by atoms with van der Waals surface area (Å²) in [5, 5.41) is 21.6. The molecule has 2 heterocycles. The van der Waals surface area contributed by atoms with E-state index in [2.05, 4.69) is 4.98 Å². The van der Waals surface area contributed by atoms with Crippen LogP contribution in [0.25, 0.3) is 23.5 Å². The van der Waals surface area contributed by atoms with Crippen molar-refractivity contribution >= 4 is 41.0 Å². The number of halogens is 2. The second kappa shape index (κ2) is 8.97. The van der Waals surface area contributed by atoms with Gasteiger partial charge in [-0.3, -0.25) is 14.9 Å². The van der Waals surface area contributed by atoms with Gasteiger partial charge in [0.05, 0.1) is 27.1 Å². The van der Waals surface area contributed by atoms with Gasteiger partial charge in [0.1, 0.15) is 28.8 Å². The van der Waals surface area contributed by atoms with Crippen molar-refractivity contribution in [2.75, 3.05) is 7.11 Å². The van der Waals surface area contributed by atoms with Crippen LogP contribution in [0, 0.1) is 21.4 Å². The van der Waals surface area contributed by atoms with E-state index in [0.717, 1.165) is 0 Å². The molecule has 30 heavy (non-hydrogen) atoms. The molecule has 152 valence electrons. The third kappa shape index (κ3) is 4.28. The van der Waals surface area contributed by atoms with Gasteiger partial charge >= 0.3 is 0 Å². The van der Waals surface area contributed by atoms with Crippen LogP contribution in [-0.2, 0) is 11.3 Å². The predicted octanol–water partition coefficient (Wildman–Crippen LogP) is 5.04. The predicted molar refractivity (Wildman–Crippen MR) is 112 cm³/mol. The van der Waals surface area contributed by atoms with Gasteiger partial charge < -0.3 is 14.1 Å². The number of aromatic amines is 1. The number of nitriles is 1. The van der Waals surface area contributed by atoms with Crippen molar-refractivity contribution in [3.05, 3.63) is 83.4 Å². The molecule has 1 aromatic carbocycles. The topological polar surface area (TPSA) is 122 Å². The zero-order valence-electron chi connectivity index (χ0n) is 15.4. The van der Waals surface area contributed by atoms with E-state index in [1.165, 1.54) is 19.3 Å². The smallest absolute Gasteiger partial charge is 0.299 e. The zero-order valence-corrected chi connectivity index (χ0v) is 17.0. The van der Waals surface area contributed by atoms with Gasteiger partial charge in [-0.25, -0.2) is 0 Å². The van der Waals surface area contributed by atoms with Crippen molar-refractivity contribution in [2.24, 2.45) is 0 Å². The molecule has 10 heteroatoms. The molecule has 8 nitrogen and oxygen atoms in total. The molecule has 0 aliphatic rings. The number of furan rings is 1. The molecule has 0 radical (unpaired) electrons. The molecule has 0 atom stereocenters. The van der Waals surface area contributed by atoms with Gasteiger partial charge in [-0.1, -0.05) is 23.2 Å². The minimum absolute atomic E-state index is 0.0801. The van der Waals surface area contributed by atoms with Crippen LogP contribution >= 0.6 is 23.2 Å². The standard InChI is InChI=1S/C20H13Cl2N3O5/c1-29-10-14-13(9-23)20(26)24-17(19(14)25(27)28)6-3-12-4-7-18(30-12)11-2-5-15(21)16(22)8-11/h2-8H,10H2,1H3,(H,24,26). The lowest BCUT2D eigenvalue weighted by Gasteiger charge is -2.06. The van der Waals surface area contributed by atoms with Crippen LogP contribution in [0.4, 0.5) is 5.69 Å². The van der Waals surface area contributed by atoms with E-state index in [0.29, 0.717) is 27.1 Å². The summed E-state index contributed by atoms with van der Waals surface area (Å²) in [6.45, 7) is -0.258. The highest BCUT2D eigenvalue weighted by Crippen LogP contribution is 2.30. The van der Waals surface area contributed by atoms with Gasteiger partial charge in [0.15, 0.2) is 0 Å². The fraction of sp³-hybridized carbons (Fsp3) is 0.100. The summed E-state index contributed by atoms with van der Waals surface area (Å²) < 4.78 is 10.6. The molecule has 0 spiro atoms. The Kier molecular flexibility index (Phi) is 6.37. The second-order valence-corrected chi connectivity index (χ2v) is 6.85. The molecule has 0 saturated heterocycles. The Hall–Kier alpha value is -3.38. The fourth-order valence-corrected chi connectivity index (χ4v) is 3.10. The number of benzene rings is 1. The lowest BCUT2D eigenvalue weighted by Crippen LogP contribution is -2.18. The molecule has 0 saturated carbocycles. The molecule has 0 amide bonds. The first-order valence-corrected chi connectivity index (χ1v) is 9.17. The monoisotopic (exact) mass is 445 g/mol. The van der Waals surface area contributed by atoms with Crippen LogP contribution in [0.5, 0.6) is 0 Å². The van der Waals surface area contributed by atoms with Gasteiger partial charge in [0, 0.05) is 12.7 Å².